The highest BCUT2D eigenvalue weighted by Gasteiger charge is 2.67. The molecule has 3 atom stereocenters. The molecule has 1 fully saturated rings. The second-order valence-corrected chi connectivity index (χ2v) is 16.2. The van der Waals surface area contributed by atoms with Gasteiger partial charge in [-0.15, -0.1) is 0 Å². The Morgan fingerprint density at radius 1 is 1.07 bits per heavy atom. The number of sulfonamides is 1. The van der Waals surface area contributed by atoms with E-state index in [1.807, 2.05) is 0 Å². The van der Waals surface area contributed by atoms with Crippen LogP contribution in [0.3, 0.4) is 0 Å². The fourth-order valence-corrected chi connectivity index (χ4v) is 8.31. The van der Waals surface area contributed by atoms with E-state index in [0.717, 1.165) is 29.0 Å². The van der Waals surface area contributed by atoms with Crippen LogP contribution in [0, 0.1) is 17.6 Å². The van der Waals surface area contributed by atoms with Gasteiger partial charge in [-0.25, -0.2) is 40.9 Å². The normalized spacial score (nSPS) is 17.2. The van der Waals surface area contributed by atoms with Crippen molar-refractivity contribution >= 4 is 44.3 Å². The van der Waals surface area contributed by atoms with Gasteiger partial charge in [-0.3, -0.25) is 28.2 Å². The summed E-state index contributed by atoms with van der Waals surface area (Å²) in [5.41, 5.74) is -2.87. The lowest BCUT2D eigenvalue weighted by Crippen LogP contribution is -2.38. The molecule has 23 heteroatoms. The number of amides is 1. The van der Waals surface area contributed by atoms with Crippen LogP contribution < -0.4 is 20.3 Å². The van der Waals surface area contributed by atoms with E-state index in [1.165, 1.54) is 43.4 Å². The zero-order valence-electron chi connectivity index (χ0n) is 30.7. The monoisotopic (exact) mass is 862 g/mol. The summed E-state index contributed by atoms with van der Waals surface area (Å²) in [6.07, 6.45) is -0.357. The lowest BCUT2D eigenvalue weighted by molar-refractivity contribution is -0.123. The summed E-state index contributed by atoms with van der Waals surface area (Å²) in [6, 6.07) is 4.75. The summed E-state index contributed by atoms with van der Waals surface area (Å²) >= 11 is 6.56. The SMILES string of the molecule is COc1cnc(-c2cc(=O)n(-c3ccc(Cl)c4c(NS(C)(=O)=O)nn(C)c34)c([C@H](Cc3cc(F)cc(F)c3)NC(=O)Cn3nc(C(F)F)c4c3C(F)(F)[C@@H]3C[C@H]43)n2)cn1. The maximum absolute atomic E-state index is 15.4. The van der Waals surface area contributed by atoms with Crippen molar-refractivity contribution in [3.05, 3.63) is 104 Å². The van der Waals surface area contributed by atoms with Crippen LogP contribution in [-0.2, 0) is 40.8 Å². The van der Waals surface area contributed by atoms with Crippen molar-refractivity contribution in [3.63, 3.8) is 0 Å². The van der Waals surface area contributed by atoms with Gasteiger partial charge in [0, 0.05) is 37.1 Å². The van der Waals surface area contributed by atoms with Crippen molar-refractivity contribution in [2.75, 3.05) is 18.1 Å². The third-order valence-electron chi connectivity index (χ3n) is 9.95. The Bertz CT molecular complexity index is 2850. The van der Waals surface area contributed by atoms with Crippen LogP contribution in [0.4, 0.5) is 32.2 Å². The number of carbonyl (C=O) groups is 1. The van der Waals surface area contributed by atoms with Gasteiger partial charge in [-0.2, -0.15) is 19.0 Å². The van der Waals surface area contributed by atoms with E-state index < -0.39 is 87.7 Å². The fraction of sp³-hybridized carbons (Fsp3) is 0.306. The average molecular weight is 863 g/mol. The minimum absolute atomic E-state index is 0.0115. The number of hydrogen-bond donors (Lipinski definition) is 2. The minimum Gasteiger partial charge on any atom is -0.480 e. The Kier molecular flexibility index (Phi) is 9.68. The maximum Gasteiger partial charge on any atom is 0.293 e. The van der Waals surface area contributed by atoms with E-state index in [9.17, 15) is 35.6 Å². The molecule has 0 aliphatic heterocycles. The highest BCUT2D eigenvalue weighted by Crippen LogP contribution is 2.68. The van der Waals surface area contributed by atoms with Crippen LogP contribution >= 0.6 is 11.6 Å². The molecule has 2 aliphatic rings. The summed E-state index contributed by atoms with van der Waals surface area (Å²) in [5.74, 6) is -9.08. The number of carbonyl (C=O) groups excluding carboxylic acids is 1. The number of aromatic nitrogens is 8. The van der Waals surface area contributed by atoms with Gasteiger partial charge in [0.05, 0.1) is 59.1 Å². The number of anilines is 1. The second-order valence-electron chi connectivity index (χ2n) is 14.0. The average Bonchev–Trinajstić information content (AvgIpc) is 3.69. The standard InChI is InChI=1S/C36H29ClF6N10O5S/c1-51-31-24(5-4-20(37)29(31)34(49-51)50-59(3,56)57)53-27(55)11-21(23-12-45-26(58-2)13-44-23)47-35(53)22(8-15-6-16(38)9-17(39)7-15)46-25(54)14-52-32-28(30(48-52)33(40)41)18-10-19(18)36(32,42)43/h4-7,9,11-13,18-19,22,33H,8,10,14H2,1-3H3,(H,46,54)(H,49,50)/t18-,19+,22-/m0/s1. The smallest absolute Gasteiger partial charge is 0.293 e. The summed E-state index contributed by atoms with van der Waals surface area (Å²) in [4.78, 5) is 41.5. The third-order valence-corrected chi connectivity index (χ3v) is 10.8. The minimum atomic E-state index is -3.91. The summed E-state index contributed by atoms with van der Waals surface area (Å²) in [7, 11) is -1.13. The fourth-order valence-electron chi connectivity index (χ4n) is 7.57. The molecular weight excluding hydrogens is 834 g/mol. The Balaban J connectivity index is 1.32. The molecule has 0 unspecified atom stereocenters. The molecule has 1 amide bonds. The Labute approximate surface area is 334 Å². The molecule has 2 aliphatic carbocycles. The molecule has 308 valence electrons. The molecule has 4 aromatic heterocycles. The zero-order chi connectivity index (χ0) is 42.3. The number of ether oxygens (including phenoxy) is 1. The molecule has 59 heavy (non-hydrogen) atoms. The van der Waals surface area contributed by atoms with Crippen LogP contribution in [0.1, 0.15) is 53.1 Å². The molecule has 0 radical (unpaired) electrons. The highest BCUT2D eigenvalue weighted by atomic mass is 35.5. The van der Waals surface area contributed by atoms with Gasteiger partial charge in [-0.05, 0) is 42.2 Å². The highest BCUT2D eigenvalue weighted by molar-refractivity contribution is 7.92. The van der Waals surface area contributed by atoms with Crippen molar-refractivity contribution in [3.8, 4) is 23.0 Å². The lowest BCUT2D eigenvalue weighted by Gasteiger charge is -2.24. The molecule has 0 saturated heterocycles. The van der Waals surface area contributed by atoms with Crippen molar-refractivity contribution in [2.45, 2.75) is 43.7 Å². The quantitative estimate of drug-likeness (QED) is 0.153. The summed E-state index contributed by atoms with van der Waals surface area (Å²) < 4.78 is 123. The molecule has 15 nitrogen and oxygen atoms in total. The first-order chi connectivity index (χ1) is 27.8. The first kappa shape index (κ1) is 39.8. The van der Waals surface area contributed by atoms with Crippen LogP contribution in [0.15, 0.2) is 53.6 Å². The van der Waals surface area contributed by atoms with Gasteiger partial charge in [0.15, 0.2) is 5.82 Å². The summed E-state index contributed by atoms with van der Waals surface area (Å²) in [5, 5.41) is 10.6. The molecular formula is C36H29ClF6N10O5S. The van der Waals surface area contributed by atoms with Crippen LogP contribution in [0.2, 0.25) is 5.02 Å². The van der Waals surface area contributed by atoms with Crippen LogP contribution in [0.25, 0.3) is 28.0 Å². The molecule has 1 saturated carbocycles. The van der Waals surface area contributed by atoms with Gasteiger partial charge < -0.3 is 10.1 Å². The number of aryl methyl sites for hydroxylation is 1. The topological polar surface area (TPSA) is 181 Å². The Hall–Kier alpha value is -6.03. The number of nitrogens with one attached hydrogen (secondary N) is 2. The van der Waals surface area contributed by atoms with Crippen molar-refractivity contribution < 1.29 is 44.3 Å². The van der Waals surface area contributed by atoms with Crippen molar-refractivity contribution in [2.24, 2.45) is 13.0 Å². The number of hydrogen-bond acceptors (Lipinski definition) is 10. The number of fused-ring (bicyclic) bond motifs is 4. The molecule has 8 rings (SSSR count). The first-order valence-corrected chi connectivity index (χ1v) is 19.8. The van der Waals surface area contributed by atoms with Gasteiger partial charge in [0.25, 0.3) is 17.9 Å². The van der Waals surface area contributed by atoms with E-state index in [4.69, 9.17) is 16.3 Å². The van der Waals surface area contributed by atoms with E-state index in [2.05, 4.69) is 35.2 Å². The Morgan fingerprint density at radius 2 is 1.80 bits per heavy atom. The predicted octanol–water partition coefficient (Wildman–Crippen LogP) is 5.33. The largest absolute Gasteiger partial charge is 0.480 e. The third kappa shape index (κ3) is 7.23. The van der Waals surface area contributed by atoms with Gasteiger partial charge in [0.2, 0.25) is 21.8 Å². The second kappa shape index (κ2) is 14.4. The van der Waals surface area contributed by atoms with Crippen molar-refractivity contribution in [1.82, 2.24) is 44.4 Å². The van der Waals surface area contributed by atoms with E-state index in [0.29, 0.717) is 10.7 Å². The molecule has 4 heterocycles. The van der Waals surface area contributed by atoms with Crippen LogP contribution in [0.5, 0.6) is 5.88 Å². The number of alkyl halides is 4. The van der Waals surface area contributed by atoms with E-state index in [1.54, 1.807) is 0 Å². The summed E-state index contributed by atoms with van der Waals surface area (Å²) in [6.45, 7) is -1.00. The maximum atomic E-state index is 15.4. The number of rotatable bonds is 12. The molecule has 6 aromatic rings. The van der Waals surface area contributed by atoms with E-state index >= 15 is 8.78 Å². The molecule has 0 bridgehead atoms. The predicted molar refractivity (Wildman–Crippen MR) is 198 cm³/mol. The van der Waals surface area contributed by atoms with Gasteiger partial charge >= 0.3 is 0 Å². The number of halogens is 7. The number of methoxy groups -OCH3 is 1. The lowest BCUT2D eigenvalue weighted by atomic mass is 10.0. The first-order valence-electron chi connectivity index (χ1n) is 17.5. The number of nitrogens with zero attached hydrogens (tertiary/aromatic N) is 8. The van der Waals surface area contributed by atoms with Gasteiger partial charge in [0.1, 0.15) is 41.1 Å². The zero-order valence-corrected chi connectivity index (χ0v) is 32.3. The Morgan fingerprint density at radius 3 is 2.44 bits per heavy atom. The van der Waals surface area contributed by atoms with Crippen molar-refractivity contribution in [1.29, 1.82) is 0 Å². The van der Waals surface area contributed by atoms with E-state index in [-0.39, 0.29) is 68.1 Å². The molecule has 0 spiro atoms. The van der Waals surface area contributed by atoms with Crippen LogP contribution in [-0.4, -0.2) is 66.8 Å². The molecule has 2 aromatic carbocycles. The number of benzene rings is 2. The van der Waals surface area contributed by atoms with Gasteiger partial charge in [-0.1, -0.05) is 11.6 Å². The molecule has 2 N–H and O–H groups in total.